The molecule has 0 bridgehead atoms. The lowest BCUT2D eigenvalue weighted by Crippen LogP contribution is -2.25. The number of alkyl halides is 3. The van der Waals surface area contributed by atoms with Crippen LogP contribution in [0.2, 0.25) is 0 Å². The second kappa shape index (κ2) is 7.96. The third-order valence-corrected chi connectivity index (χ3v) is 4.71. The largest absolute Gasteiger partial charge is 0.417 e. The van der Waals surface area contributed by atoms with Crippen molar-refractivity contribution in [2.24, 2.45) is 7.05 Å². The number of nitrogens with one attached hydrogen (secondary N) is 2. The first-order valence-electron chi connectivity index (χ1n) is 8.70. The SMILES string of the molecule is Cl.Cn1cnc2c(-c3ccc(C(F)(F)F)cn3)cnc(N[C@H]3CCNC3)c2c1=O. The van der Waals surface area contributed by atoms with Crippen molar-refractivity contribution in [3.8, 4) is 11.3 Å². The number of hydrogen-bond acceptors (Lipinski definition) is 6. The van der Waals surface area contributed by atoms with Gasteiger partial charge in [-0.2, -0.15) is 13.2 Å². The maximum absolute atomic E-state index is 12.8. The highest BCUT2D eigenvalue weighted by Gasteiger charge is 2.31. The molecule has 154 valence electrons. The molecule has 0 amide bonds. The van der Waals surface area contributed by atoms with Crippen molar-refractivity contribution >= 4 is 29.1 Å². The van der Waals surface area contributed by atoms with E-state index in [1.54, 1.807) is 7.05 Å². The van der Waals surface area contributed by atoms with Gasteiger partial charge in [0.05, 0.1) is 23.1 Å². The zero-order chi connectivity index (χ0) is 19.9. The quantitative estimate of drug-likeness (QED) is 0.669. The van der Waals surface area contributed by atoms with Gasteiger partial charge < -0.3 is 15.2 Å². The standard InChI is InChI=1S/C18H17F3N6O.ClH/c1-27-9-25-15-12(13-3-2-10(6-23-13)18(19,20)21)8-24-16(14(15)17(27)28)26-11-4-5-22-7-11;/h2-3,6,8-9,11,22H,4-5,7H2,1H3,(H,24,26);1H/t11-;/m0./s1. The molecule has 0 aliphatic carbocycles. The Labute approximate surface area is 169 Å². The van der Waals surface area contributed by atoms with Gasteiger partial charge in [0.1, 0.15) is 11.2 Å². The summed E-state index contributed by atoms with van der Waals surface area (Å²) in [5.74, 6) is 0.410. The molecule has 4 heterocycles. The molecule has 11 heteroatoms. The second-order valence-electron chi connectivity index (χ2n) is 6.67. The van der Waals surface area contributed by atoms with Crippen LogP contribution in [0.25, 0.3) is 22.2 Å². The van der Waals surface area contributed by atoms with Gasteiger partial charge in [0.15, 0.2) is 0 Å². The Morgan fingerprint density at radius 2 is 2.00 bits per heavy atom. The van der Waals surface area contributed by atoms with E-state index in [0.717, 1.165) is 31.8 Å². The van der Waals surface area contributed by atoms with Gasteiger partial charge in [-0.05, 0) is 25.1 Å². The molecule has 3 aromatic heterocycles. The average Bonchev–Trinajstić information content (AvgIpc) is 3.17. The fourth-order valence-corrected chi connectivity index (χ4v) is 3.20. The summed E-state index contributed by atoms with van der Waals surface area (Å²) in [7, 11) is 1.58. The first-order chi connectivity index (χ1) is 13.3. The normalized spacial score (nSPS) is 16.6. The molecule has 7 nitrogen and oxygen atoms in total. The first-order valence-corrected chi connectivity index (χ1v) is 8.70. The maximum Gasteiger partial charge on any atom is 0.417 e. The predicted molar refractivity (Wildman–Crippen MR) is 105 cm³/mol. The van der Waals surface area contributed by atoms with Crippen molar-refractivity contribution in [3.05, 3.63) is 46.8 Å². The molecule has 29 heavy (non-hydrogen) atoms. The van der Waals surface area contributed by atoms with Crippen LogP contribution in [0.3, 0.4) is 0 Å². The van der Waals surface area contributed by atoms with Gasteiger partial charge in [-0.1, -0.05) is 0 Å². The summed E-state index contributed by atoms with van der Waals surface area (Å²) in [4.78, 5) is 25.4. The van der Waals surface area contributed by atoms with Crippen LogP contribution in [-0.2, 0) is 13.2 Å². The van der Waals surface area contributed by atoms with Crippen molar-refractivity contribution in [1.29, 1.82) is 0 Å². The molecule has 2 N–H and O–H groups in total. The number of aryl methyl sites for hydroxylation is 1. The molecular weight excluding hydrogens is 409 g/mol. The molecule has 0 saturated carbocycles. The summed E-state index contributed by atoms with van der Waals surface area (Å²) in [6.07, 6.45) is 0.0436. The summed E-state index contributed by atoms with van der Waals surface area (Å²) < 4.78 is 39.7. The van der Waals surface area contributed by atoms with Crippen LogP contribution in [0.5, 0.6) is 0 Å². The van der Waals surface area contributed by atoms with Gasteiger partial charge in [0.2, 0.25) is 0 Å². The van der Waals surface area contributed by atoms with Crippen molar-refractivity contribution in [3.63, 3.8) is 0 Å². The zero-order valence-electron chi connectivity index (χ0n) is 15.3. The number of hydrogen-bond donors (Lipinski definition) is 2. The van der Waals surface area contributed by atoms with Crippen molar-refractivity contribution < 1.29 is 13.2 Å². The summed E-state index contributed by atoms with van der Waals surface area (Å²) in [5.41, 5.74) is -0.125. The van der Waals surface area contributed by atoms with Gasteiger partial charge in [0.25, 0.3) is 5.56 Å². The van der Waals surface area contributed by atoms with E-state index in [9.17, 15) is 18.0 Å². The van der Waals surface area contributed by atoms with Crippen LogP contribution in [0, 0.1) is 0 Å². The zero-order valence-corrected chi connectivity index (χ0v) is 16.1. The average molecular weight is 427 g/mol. The lowest BCUT2D eigenvalue weighted by atomic mass is 10.1. The maximum atomic E-state index is 12.8. The smallest absolute Gasteiger partial charge is 0.365 e. The molecule has 0 spiro atoms. The van der Waals surface area contributed by atoms with E-state index in [2.05, 4.69) is 25.6 Å². The second-order valence-corrected chi connectivity index (χ2v) is 6.67. The molecule has 4 rings (SSSR count). The summed E-state index contributed by atoms with van der Waals surface area (Å²) in [5, 5.41) is 6.78. The minimum Gasteiger partial charge on any atom is -0.365 e. The number of fused-ring (bicyclic) bond motifs is 1. The minimum absolute atomic E-state index is 0. The van der Waals surface area contributed by atoms with Crippen molar-refractivity contribution in [2.75, 3.05) is 18.4 Å². The van der Waals surface area contributed by atoms with E-state index in [0.29, 0.717) is 16.9 Å². The topological polar surface area (TPSA) is 84.7 Å². The molecule has 1 aliphatic rings. The molecule has 0 aromatic carbocycles. The Morgan fingerprint density at radius 1 is 1.21 bits per heavy atom. The highest BCUT2D eigenvalue weighted by Crippen LogP contribution is 2.31. The Hall–Kier alpha value is -2.72. The third kappa shape index (κ3) is 4.03. The lowest BCUT2D eigenvalue weighted by molar-refractivity contribution is -0.137. The highest BCUT2D eigenvalue weighted by molar-refractivity contribution is 5.97. The van der Waals surface area contributed by atoms with Gasteiger partial charge >= 0.3 is 6.18 Å². The number of halogens is 4. The Balaban J connectivity index is 0.00000240. The van der Waals surface area contributed by atoms with Crippen LogP contribution < -0.4 is 16.2 Å². The Kier molecular flexibility index (Phi) is 5.76. The highest BCUT2D eigenvalue weighted by atomic mass is 35.5. The van der Waals surface area contributed by atoms with Gasteiger partial charge in [-0.15, -0.1) is 12.4 Å². The summed E-state index contributed by atoms with van der Waals surface area (Å²) in [6.45, 7) is 1.63. The molecule has 0 unspecified atom stereocenters. The number of pyridine rings is 2. The lowest BCUT2D eigenvalue weighted by Gasteiger charge is -2.15. The van der Waals surface area contributed by atoms with Gasteiger partial charge in [-0.3, -0.25) is 9.78 Å². The fraction of sp³-hybridized carbons (Fsp3) is 0.333. The van der Waals surface area contributed by atoms with Crippen LogP contribution in [0.1, 0.15) is 12.0 Å². The molecule has 1 aliphatic heterocycles. The number of rotatable bonds is 3. The molecular formula is C18H18ClF3N6O. The van der Waals surface area contributed by atoms with E-state index in [1.165, 1.54) is 23.2 Å². The number of nitrogens with zero attached hydrogens (tertiary/aromatic N) is 4. The number of anilines is 1. The number of aromatic nitrogens is 4. The molecule has 0 radical (unpaired) electrons. The van der Waals surface area contributed by atoms with Crippen LogP contribution in [0.15, 0.2) is 35.6 Å². The van der Waals surface area contributed by atoms with Gasteiger partial charge in [0, 0.05) is 37.6 Å². The van der Waals surface area contributed by atoms with E-state index in [-0.39, 0.29) is 35.1 Å². The molecule has 1 atom stereocenters. The molecule has 1 fully saturated rings. The van der Waals surface area contributed by atoms with E-state index in [1.807, 2.05) is 0 Å². The summed E-state index contributed by atoms with van der Waals surface area (Å²) >= 11 is 0. The predicted octanol–water partition coefficient (Wildman–Crippen LogP) is 2.60. The fourth-order valence-electron chi connectivity index (χ4n) is 3.20. The monoisotopic (exact) mass is 426 g/mol. The first kappa shape index (κ1) is 21.0. The van der Waals surface area contributed by atoms with Crippen LogP contribution in [-0.4, -0.2) is 38.7 Å². The third-order valence-electron chi connectivity index (χ3n) is 4.71. The van der Waals surface area contributed by atoms with E-state index < -0.39 is 11.7 Å². The summed E-state index contributed by atoms with van der Waals surface area (Å²) in [6, 6.07) is 2.34. The minimum atomic E-state index is -4.47. The van der Waals surface area contributed by atoms with E-state index in [4.69, 9.17) is 0 Å². The van der Waals surface area contributed by atoms with Crippen LogP contribution >= 0.6 is 12.4 Å². The Bertz CT molecular complexity index is 1080. The molecule has 3 aromatic rings. The van der Waals surface area contributed by atoms with Crippen molar-refractivity contribution in [2.45, 2.75) is 18.6 Å². The van der Waals surface area contributed by atoms with E-state index >= 15 is 0 Å². The Morgan fingerprint density at radius 3 is 2.62 bits per heavy atom. The van der Waals surface area contributed by atoms with Crippen LogP contribution in [0.4, 0.5) is 19.0 Å². The van der Waals surface area contributed by atoms with Crippen molar-refractivity contribution in [1.82, 2.24) is 24.8 Å². The molecule has 1 saturated heterocycles. The van der Waals surface area contributed by atoms with Gasteiger partial charge in [-0.25, -0.2) is 9.97 Å².